The summed E-state index contributed by atoms with van der Waals surface area (Å²) >= 11 is 0. The largest absolute Gasteiger partial charge is 0.416 e. The molecule has 0 radical (unpaired) electrons. The smallest absolute Gasteiger partial charge is 0.382 e. The maximum Gasteiger partial charge on any atom is 0.416 e. The van der Waals surface area contributed by atoms with Crippen molar-refractivity contribution in [3.8, 4) is 0 Å². The van der Waals surface area contributed by atoms with Gasteiger partial charge in [0.15, 0.2) is 9.84 Å². The molecular formula is C29H33F4N3O4S. The number of amides is 2. The molecule has 1 aliphatic heterocycles. The number of likely N-dealkylation sites (tertiary alicyclic amines) is 1. The van der Waals surface area contributed by atoms with Crippen LogP contribution in [0.4, 0.5) is 23.2 Å². The summed E-state index contributed by atoms with van der Waals surface area (Å²) in [6, 6.07) is 4.61. The topological polar surface area (TPSA) is 95.6 Å². The molecule has 5 atom stereocenters. The number of hydrogen-bond donors (Lipinski definition) is 2. The molecule has 5 rings (SSSR count). The van der Waals surface area contributed by atoms with Crippen LogP contribution in [0.15, 0.2) is 41.3 Å². The summed E-state index contributed by atoms with van der Waals surface area (Å²) in [6.45, 7) is 5.74. The fourth-order valence-corrected chi connectivity index (χ4v) is 6.66. The van der Waals surface area contributed by atoms with E-state index in [0.717, 1.165) is 18.4 Å². The van der Waals surface area contributed by atoms with Gasteiger partial charge in [0.25, 0.3) is 5.91 Å². The van der Waals surface area contributed by atoms with Gasteiger partial charge in [-0.05, 0) is 81.2 Å². The lowest BCUT2D eigenvalue weighted by Gasteiger charge is -2.31. The van der Waals surface area contributed by atoms with E-state index in [1.165, 1.54) is 17.0 Å². The van der Waals surface area contributed by atoms with E-state index in [-0.39, 0.29) is 45.9 Å². The second-order valence-corrected chi connectivity index (χ2v) is 13.8. The molecule has 1 heterocycles. The van der Waals surface area contributed by atoms with Gasteiger partial charge in [-0.2, -0.15) is 13.2 Å². The average molecular weight is 596 g/mol. The number of carbonyl (C=O) groups excluding carboxylic acids is 2. The first kappa shape index (κ1) is 29.3. The maximum atomic E-state index is 14.9. The number of sulfone groups is 1. The van der Waals surface area contributed by atoms with Crippen LogP contribution >= 0.6 is 0 Å². The summed E-state index contributed by atoms with van der Waals surface area (Å²) in [7, 11) is -3.62. The van der Waals surface area contributed by atoms with Crippen LogP contribution < -0.4 is 10.6 Å². The van der Waals surface area contributed by atoms with Crippen LogP contribution in [0.25, 0.3) is 0 Å². The Kier molecular flexibility index (Phi) is 7.36. The van der Waals surface area contributed by atoms with Crippen LogP contribution in [0.1, 0.15) is 67.6 Å². The van der Waals surface area contributed by atoms with Crippen LogP contribution in [0.3, 0.4) is 0 Å². The van der Waals surface area contributed by atoms with E-state index in [1.54, 1.807) is 6.07 Å². The predicted molar refractivity (Wildman–Crippen MR) is 144 cm³/mol. The van der Waals surface area contributed by atoms with Gasteiger partial charge in [0.1, 0.15) is 11.9 Å². The number of halogens is 4. The quantitative estimate of drug-likeness (QED) is 0.410. The van der Waals surface area contributed by atoms with Gasteiger partial charge in [-0.1, -0.05) is 13.0 Å². The van der Waals surface area contributed by atoms with Crippen molar-refractivity contribution in [2.24, 2.45) is 17.8 Å². The van der Waals surface area contributed by atoms with Crippen molar-refractivity contribution < 1.29 is 35.6 Å². The number of piperidine rings is 1. The molecular weight excluding hydrogens is 562 g/mol. The standard InChI is InChI=1S/C29H33F4N3O4S/c1-14(2)34-23-10-8-18(41(4,39)40)12-21(23)28(38)36-24(13-20-15(3)26(20)36)27(37)35-25(16-5-6-16)19-9-7-17(11-22(19)30)29(31,32)33/h7-12,14-16,20,24-26,34H,5-6,13H2,1-4H3,(H,35,37)/t15?,20?,24-,25?,26?/m1/s1. The first-order valence-electron chi connectivity index (χ1n) is 13.7. The van der Waals surface area contributed by atoms with Gasteiger partial charge in [-0.25, -0.2) is 12.8 Å². The minimum Gasteiger partial charge on any atom is -0.382 e. The molecule has 1 saturated heterocycles. The number of nitrogens with zero attached hydrogens (tertiary/aromatic N) is 1. The SMILES string of the molecule is CC(C)Nc1ccc(S(C)(=O)=O)cc1C(=O)N1C2C(C)C2C[C@@H]1C(=O)NC(c1ccc(C(F)(F)F)cc1F)C1CC1. The fraction of sp³-hybridized carbons (Fsp3) is 0.517. The Labute approximate surface area is 236 Å². The molecule has 2 aliphatic carbocycles. The van der Waals surface area contributed by atoms with E-state index in [2.05, 4.69) is 10.6 Å². The van der Waals surface area contributed by atoms with E-state index >= 15 is 0 Å². The summed E-state index contributed by atoms with van der Waals surface area (Å²) in [5, 5.41) is 6.02. The van der Waals surface area contributed by atoms with Gasteiger partial charge in [0.05, 0.1) is 22.1 Å². The Hall–Kier alpha value is -3.15. The number of anilines is 1. The molecule has 0 bridgehead atoms. The highest BCUT2D eigenvalue weighted by atomic mass is 32.2. The van der Waals surface area contributed by atoms with Crippen molar-refractivity contribution in [3.05, 3.63) is 58.9 Å². The van der Waals surface area contributed by atoms with E-state index < -0.39 is 51.3 Å². The van der Waals surface area contributed by atoms with E-state index in [1.807, 2.05) is 20.8 Å². The lowest BCUT2D eigenvalue weighted by atomic mass is 9.98. The highest BCUT2D eigenvalue weighted by molar-refractivity contribution is 7.90. The van der Waals surface area contributed by atoms with Crippen molar-refractivity contribution in [1.82, 2.24) is 10.2 Å². The zero-order valence-corrected chi connectivity index (χ0v) is 23.9. The normalized spacial score (nSPS) is 24.7. The minimum absolute atomic E-state index is 0.0208. The third kappa shape index (κ3) is 5.80. The number of hydrogen-bond acceptors (Lipinski definition) is 5. The molecule has 2 aromatic rings. The van der Waals surface area contributed by atoms with Crippen molar-refractivity contribution in [1.29, 1.82) is 0 Å². The Balaban J connectivity index is 1.45. The highest BCUT2D eigenvalue weighted by Gasteiger charge is 2.62. The van der Waals surface area contributed by atoms with E-state index in [9.17, 15) is 35.6 Å². The van der Waals surface area contributed by atoms with Crippen LogP contribution in [-0.4, -0.2) is 49.5 Å². The van der Waals surface area contributed by atoms with Gasteiger partial charge in [0.2, 0.25) is 5.91 Å². The zero-order chi connectivity index (χ0) is 30.0. The Bertz CT molecular complexity index is 1490. The van der Waals surface area contributed by atoms with Gasteiger partial charge < -0.3 is 15.5 Å². The number of carbonyl (C=O) groups is 2. The fourth-order valence-electron chi connectivity index (χ4n) is 6.02. The van der Waals surface area contributed by atoms with Crippen molar-refractivity contribution in [2.45, 2.75) is 75.3 Å². The summed E-state index contributed by atoms with van der Waals surface area (Å²) < 4.78 is 78.8. The molecule has 41 heavy (non-hydrogen) atoms. The minimum atomic E-state index is -4.70. The molecule has 222 valence electrons. The van der Waals surface area contributed by atoms with Gasteiger partial charge >= 0.3 is 6.18 Å². The van der Waals surface area contributed by atoms with E-state index in [4.69, 9.17) is 0 Å². The van der Waals surface area contributed by atoms with Crippen molar-refractivity contribution >= 4 is 27.3 Å². The zero-order valence-electron chi connectivity index (χ0n) is 23.1. The molecule has 12 heteroatoms. The second-order valence-electron chi connectivity index (χ2n) is 11.8. The van der Waals surface area contributed by atoms with Crippen LogP contribution in [0.2, 0.25) is 0 Å². The van der Waals surface area contributed by atoms with Gasteiger partial charge in [-0.15, -0.1) is 0 Å². The Morgan fingerprint density at radius 3 is 2.32 bits per heavy atom. The lowest BCUT2D eigenvalue weighted by Crippen LogP contribution is -2.49. The molecule has 7 nitrogen and oxygen atoms in total. The monoisotopic (exact) mass is 595 g/mol. The predicted octanol–water partition coefficient (Wildman–Crippen LogP) is 5.18. The summed E-state index contributed by atoms with van der Waals surface area (Å²) in [5.74, 6) is -1.94. The number of alkyl halides is 3. The molecule has 3 aliphatic rings. The number of benzene rings is 2. The van der Waals surface area contributed by atoms with Crippen LogP contribution in [-0.2, 0) is 20.8 Å². The number of fused-ring (bicyclic) bond motifs is 1. The molecule has 2 N–H and O–H groups in total. The third-order valence-corrected chi connectivity index (χ3v) is 9.46. The molecule has 0 spiro atoms. The molecule has 3 fully saturated rings. The van der Waals surface area contributed by atoms with Crippen molar-refractivity contribution in [2.75, 3.05) is 11.6 Å². The second kappa shape index (κ2) is 10.3. The van der Waals surface area contributed by atoms with Crippen molar-refractivity contribution in [3.63, 3.8) is 0 Å². The maximum absolute atomic E-state index is 14.9. The van der Waals surface area contributed by atoms with Crippen LogP contribution in [0.5, 0.6) is 0 Å². The average Bonchev–Trinajstić information content (AvgIpc) is 3.77. The van der Waals surface area contributed by atoms with Gasteiger partial charge in [-0.3, -0.25) is 9.59 Å². The lowest BCUT2D eigenvalue weighted by molar-refractivity contribution is -0.137. The summed E-state index contributed by atoms with van der Waals surface area (Å²) in [6.07, 6.45) is -1.89. The highest BCUT2D eigenvalue weighted by Crippen LogP contribution is 2.54. The van der Waals surface area contributed by atoms with Crippen LogP contribution in [0, 0.1) is 23.6 Å². The Morgan fingerprint density at radius 2 is 1.76 bits per heavy atom. The third-order valence-electron chi connectivity index (χ3n) is 8.35. The molecule has 0 aromatic heterocycles. The first-order chi connectivity index (χ1) is 19.1. The molecule has 2 aromatic carbocycles. The van der Waals surface area contributed by atoms with E-state index in [0.29, 0.717) is 31.0 Å². The molecule has 2 saturated carbocycles. The summed E-state index contributed by atoms with van der Waals surface area (Å²) in [5.41, 5.74) is -0.557. The first-order valence-corrected chi connectivity index (χ1v) is 15.6. The molecule has 2 amide bonds. The Morgan fingerprint density at radius 1 is 1.07 bits per heavy atom. The van der Waals surface area contributed by atoms with Gasteiger partial charge in [0, 0.05) is 29.6 Å². The summed E-state index contributed by atoms with van der Waals surface area (Å²) in [4.78, 5) is 29.2. The number of nitrogens with one attached hydrogen (secondary N) is 2. The molecule has 4 unspecified atom stereocenters. The number of rotatable bonds is 8.